The Hall–Kier alpha value is -3.54. The van der Waals surface area contributed by atoms with E-state index in [-0.39, 0.29) is 16.3 Å². The average molecular weight is 462 g/mol. The molecule has 1 saturated heterocycles. The van der Waals surface area contributed by atoms with Crippen molar-refractivity contribution in [2.45, 2.75) is 19.0 Å². The second kappa shape index (κ2) is 8.91. The number of amides is 2. The highest BCUT2D eigenvalue weighted by molar-refractivity contribution is 7.10. The van der Waals surface area contributed by atoms with Crippen molar-refractivity contribution in [1.29, 1.82) is 0 Å². The van der Waals surface area contributed by atoms with E-state index in [1.165, 1.54) is 0 Å². The lowest BCUT2D eigenvalue weighted by Crippen LogP contribution is -2.19. The molecule has 8 nitrogen and oxygen atoms in total. The quantitative estimate of drug-likeness (QED) is 0.593. The van der Waals surface area contributed by atoms with Crippen LogP contribution in [-0.4, -0.2) is 39.5 Å². The van der Waals surface area contributed by atoms with Gasteiger partial charge in [0.2, 0.25) is 0 Å². The van der Waals surface area contributed by atoms with Crippen LogP contribution < -0.4 is 15.5 Å². The molecule has 1 aliphatic rings. The van der Waals surface area contributed by atoms with Gasteiger partial charge in [0, 0.05) is 48.4 Å². The SMILES string of the molecule is O=C(Nc1snnc1C(=O)Nc1ccc(N2CCCC2)cc1)c1cncc(C(F)(F)F)c1. The van der Waals surface area contributed by atoms with E-state index in [1.807, 2.05) is 12.1 Å². The highest BCUT2D eigenvalue weighted by atomic mass is 32.1. The molecule has 0 atom stereocenters. The summed E-state index contributed by atoms with van der Waals surface area (Å²) >= 11 is 0.737. The first-order valence-electron chi connectivity index (χ1n) is 9.63. The molecule has 1 aromatic carbocycles. The number of hydrogen-bond donors (Lipinski definition) is 2. The van der Waals surface area contributed by atoms with E-state index in [2.05, 4.69) is 30.1 Å². The lowest BCUT2D eigenvalue weighted by molar-refractivity contribution is -0.137. The average Bonchev–Trinajstić information content (AvgIpc) is 3.46. The summed E-state index contributed by atoms with van der Waals surface area (Å²) in [6.07, 6.45) is -0.703. The maximum atomic E-state index is 12.9. The summed E-state index contributed by atoms with van der Waals surface area (Å²) in [7, 11) is 0. The second-order valence-electron chi connectivity index (χ2n) is 7.06. The van der Waals surface area contributed by atoms with E-state index < -0.39 is 23.6 Å². The van der Waals surface area contributed by atoms with Crippen LogP contribution in [0, 0.1) is 0 Å². The van der Waals surface area contributed by atoms with Gasteiger partial charge in [-0.05, 0) is 43.2 Å². The Morgan fingerprint density at radius 3 is 2.41 bits per heavy atom. The first-order chi connectivity index (χ1) is 15.3. The monoisotopic (exact) mass is 462 g/mol. The summed E-state index contributed by atoms with van der Waals surface area (Å²) in [5.41, 5.74) is 0.0932. The van der Waals surface area contributed by atoms with Crippen LogP contribution in [0.2, 0.25) is 0 Å². The van der Waals surface area contributed by atoms with Gasteiger partial charge in [0.25, 0.3) is 11.8 Å². The van der Waals surface area contributed by atoms with Gasteiger partial charge >= 0.3 is 6.18 Å². The molecule has 0 radical (unpaired) electrons. The van der Waals surface area contributed by atoms with Crippen LogP contribution in [0.25, 0.3) is 0 Å². The van der Waals surface area contributed by atoms with Crippen molar-refractivity contribution >= 4 is 39.7 Å². The Balaban J connectivity index is 1.44. The van der Waals surface area contributed by atoms with Crippen molar-refractivity contribution in [2.24, 2.45) is 0 Å². The molecular formula is C20H17F3N6O2S. The maximum absolute atomic E-state index is 12.9. The minimum absolute atomic E-state index is 0.0126. The molecule has 0 saturated carbocycles. The number of halogens is 3. The second-order valence-corrected chi connectivity index (χ2v) is 7.81. The largest absolute Gasteiger partial charge is 0.417 e. The molecule has 0 spiro atoms. The number of benzene rings is 1. The fourth-order valence-corrected chi connectivity index (χ4v) is 3.80. The number of anilines is 3. The van der Waals surface area contributed by atoms with E-state index >= 15 is 0 Å². The topological polar surface area (TPSA) is 100 Å². The van der Waals surface area contributed by atoms with Crippen LogP contribution in [0.5, 0.6) is 0 Å². The molecule has 32 heavy (non-hydrogen) atoms. The van der Waals surface area contributed by atoms with Crippen molar-refractivity contribution in [3.8, 4) is 0 Å². The number of carbonyl (C=O) groups excluding carboxylic acids is 2. The molecule has 3 aromatic rings. The highest BCUT2D eigenvalue weighted by Gasteiger charge is 2.31. The van der Waals surface area contributed by atoms with Crippen LogP contribution in [0.15, 0.2) is 42.7 Å². The number of nitrogens with zero attached hydrogens (tertiary/aromatic N) is 4. The van der Waals surface area contributed by atoms with Gasteiger partial charge in [-0.1, -0.05) is 4.49 Å². The van der Waals surface area contributed by atoms with E-state index in [0.29, 0.717) is 18.0 Å². The summed E-state index contributed by atoms with van der Waals surface area (Å²) in [6, 6.07) is 8.02. The van der Waals surface area contributed by atoms with Crippen molar-refractivity contribution in [2.75, 3.05) is 28.6 Å². The Bertz CT molecular complexity index is 1130. The molecular weight excluding hydrogens is 445 g/mol. The Kier molecular flexibility index (Phi) is 6.04. The Labute approximate surface area is 184 Å². The lowest BCUT2D eigenvalue weighted by atomic mass is 10.2. The zero-order valence-electron chi connectivity index (χ0n) is 16.5. The molecule has 4 rings (SSSR count). The van der Waals surface area contributed by atoms with Crippen LogP contribution in [0.3, 0.4) is 0 Å². The number of nitrogens with one attached hydrogen (secondary N) is 2. The molecule has 3 heterocycles. The third-order valence-corrected chi connectivity index (χ3v) is 5.50. The summed E-state index contributed by atoms with van der Waals surface area (Å²) in [5.74, 6) is -1.47. The normalized spacial score (nSPS) is 13.8. The number of aromatic nitrogens is 3. The minimum Gasteiger partial charge on any atom is -0.372 e. The van der Waals surface area contributed by atoms with Crippen LogP contribution in [0.4, 0.5) is 29.5 Å². The predicted molar refractivity (Wildman–Crippen MR) is 113 cm³/mol. The van der Waals surface area contributed by atoms with Crippen LogP contribution >= 0.6 is 11.5 Å². The predicted octanol–water partition coefficient (Wildman–Crippen LogP) is 4.06. The van der Waals surface area contributed by atoms with E-state index in [1.54, 1.807) is 12.1 Å². The Morgan fingerprint density at radius 2 is 1.72 bits per heavy atom. The fraction of sp³-hybridized carbons (Fsp3) is 0.250. The third kappa shape index (κ3) is 4.85. The molecule has 166 valence electrons. The minimum atomic E-state index is -4.63. The van der Waals surface area contributed by atoms with Crippen molar-refractivity contribution in [1.82, 2.24) is 14.6 Å². The summed E-state index contributed by atoms with van der Waals surface area (Å²) in [5, 5.41) is 8.80. The molecule has 1 aliphatic heterocycles. The molecule has 0 bridgehead atoms. The van der Waals surface area contributed by atoms with E-state index in [9.17, 15) is 22.8 Å². The lowest BCUT2D eigenvalue weighted by Gasteiger charge is -2.17. The van der Waals surface area contributed by atoms with Crippen molar-refractivity contribution in [3.63, 3.8) is 0 Å². The van der Waals surface area contributed by atoms with Gasteiger partial charge in [-0.3, -0.25) is 14.6 Å². The summed E-state index contributed by atoms with van der Waals surface area (Å²) in [6.45, 7) is 2.00. The van der Waals surface area contributed by atoms with Crippen LogP contribution in [-0.2, 0) is 6.18 Å². The van der Waals surface area contributed by atoms with Crippen LogP contribution in [0.1, 0.15) is 39.3 Å². The first kappa shape index (κ1) is 21.7. The summed E-state index contributed by atoms with van der Waals surface area (Å²) in [4.78, 5) is 30.7. The third-order valence-electron chi connectivity index (χ3n) is 4.85. The molecule has 0 unspecified atom stereocenters. The zero-order valence-corrected chi connectivity index (χ0v) is 17.3. The van der Waals surface area contributed by atoms with Gasteiger partial charge in [-0.2, -0.15) is 13.2 Å². The summed E-state index contributed by atoms with van der Waals surface area (Å²) < 4.78 is 42.2. The number of pyridine rings is 1. The fourth-order valence-electron chi connectivity index (χ4n) is 3.24. The van der Waals surface area contributed by atoms with Gasteiger partial charge in [0.1, 0.15) is 5.00 Å². The number of hydrogen-bond acceptors (Lipinski definition) is 7. The maximum Gasteiger partial charge on any atom is 0.417 e. The van der Waals surface area contributed by atoms with Gasteiger partial charge in [0.15, 0.2) is 5.69 Å². The van der Waals surface area contributed by atoms with E-state index in [0.717, 1.165) is 49.3 Å². The van der Waals surface area contributed by atoms with Crippen molar-refractivity contribution < 1.29 is 22.8 Å². The molecule has 1 fully saturated rings. The highest BCUT2D eigenvalue weighted by Crippen LogP contribution is 2.29. The molecule has 0 aliphatic carbocycles. The van der Waals surface area contributed by atoms with Gasteiger partial charge in [-0.25, -0.2) is 0 Å². The standard InChI is InChI=1S/C20H17F3N6O2S/c21-20(22,23)13-9-12(10-24-11-13)17(30)26-19-16(27-28-32-19)18(31)25-14-3-5-15(6-4-14)29-7-1-2-8-29/h3-6,9-11H,1-2,7-8H2,(H,25,31)(H,26,30). The molecule has 12 heteroatoms. The van der Waals surface area contributed by atoms with E-state index in [4.69, 9.17) is 0 Å². The van der Waals surface area contributed by atoms with Gasteiger partial charge in [0.05, 0.1) is 11.1 Å². The van der Waals surface area contributed by atoms with Crippen molar-refractivity contribution in [3.05, 3.63) is 59.5 Å². The van der Waals surface area contributed by atoms with Gasteiger partial charge < -0.3 is 15.5 Å². The molecule has 2 amide bonds. The molecule has 2 N–H and O–H groups in total. The number of alkyl halides is 3. The smallest absolute Gasteiger partial charge is 0.372 e. The Morgan fingerprint density at radius 1 is 1.00 bits per heavy atom. The van der Waals surface area contributed by atoms with Gasteiger partial charge in [-0.15, -0.1) is 5.10 Å². The first-order valence-corrected chi connectivity index (χ1v) is 10.4. The number of carbonyl (C=O) groups is 2. The molecule has 2 aromatic heterocycles. The zero-order chi connectivity index (χ0) is 22.7. The number of rotatable bonds is 5.